The second-order valence-corrected chi connectivity index (χ2v) is 9.87. The normalized spacial score (nSPS) is 17.2. The second kappa shape index (κ2) is 6.92. The van der Waals surface area contributed by atoms with Crippen molar-refractivity contribution in [2.24, 2.45) is 0 Å². The van der Waals surface area contributed by atoms with E-state index in [0.717, 1.165) is 0 Å². The predicted molar refractivity (Wildman–Crippen MR) is 115 cm³/mol. The maximum atomic E-state index is 9.87. The number of nitrogens with zero attached hydrogens (tertiary/aromatic N) is 1. The summed E-state index contributed by atoms with van der Waals surface area (Å²) >= 11 is 0. The molecule has 1 aliphatic rings. The first-order chi connectivity index (χ1) is 14.0. The van der Waals surface area contributed by atoms with E-state index in [1.807, 2.05) is 0 Å². The molecule has 1 nitrogen and oxygen atoms in total. The van der Waals surface area contributed by atoms with E-state index in [-0.39, 0.29) is 5.41 Å². The standard InChI is InChI=1S/C23H22N.F6P/c1-23(2)20-11-7-8-12-21(20)24(3)22(23)19-15-13-18(14-16-19)17-9-5-4-6-10-17;1-7(2,3,4,5)6/h4-16H,1-3H3;/q+1;-1. The summed E-state index contributed by atoms with van der Waals surface area (Å²) in [6, 6.07) is 28.2. The summed E-state index contributed by atoms with van der Waals surface area (Å²) in [5.74, 6) is 0. The molecule has 0 radical (unpaired) electrons. The van der Waals surface area contributed by atoms with Crippen LogP contribution in [0.15, 0.2) is 78.9 Å². The zero-order chi connectivity index (χ0) is 23.1. The minimum absolute atomic E-state index is 0.0135. The fourth-order valence-electron chi connectivity index (χ4n) is 3.97. The van der Waals surface area contributed by atoms with Gasteiger partial charge in [0, 0.05) is 17.2 Å². The van der Waals surface area contributed by atoms with Crippen molar-refractivity contribution < 1.29 is 29.8 Å². The molecule has 0 N–H and O–H groups in total. The third-order valence-electron chi connectivity index (χ3n) is 5.13. The van der Waals surface area contributed by atoms with E-state index in [1.54, 1.807) is 0 Å². The maximum absolute atomic E-state index is 10.7. The molecule has 3 aromatic rings. The third-order valence-corrected chi connectivity index (χ3v) is 5.13. The molecule has 0 saturated carbocycles. The van der Waals surface area contributed by atoms with E-state index >= 15 is 0 Å². The van der Waals surface area contributed by atoms with Crippen LogP contribution in [0.3, 0.4) is 0 Å². The summed E-state index contributed by atoms with van der Waals surface area (Å²) in [7, 11) is -8.48. The SMILES string of the molecule is C[N+]1=C(c2ccc(-c3ccccc3)cc2)C(C)(C)c2ccccc21.F[P-](F)(F)(F)(F)F. The van der Waals surface area contributed by atoms with Gasteiger partial charge in [-0.15, -0.1) is 0 Å². The summed E-state index contributed by atoms with van der Waals surface area (Å²) in [5, 5.41) is 0. The number of halogens is 6. The van der Waals surface area contributed by atoms with E-state index in [2.05, 4.69) is 104 Å². The van der Waals surface area contributed by atoms with Crippen LogP contribution in [0.25, 0.3) is 11.1 Å². The third kappa shape index (κ3) is 5.95. The van der Waals surface area contributed by atoms with Gasteiger partial charge >= 0.3 is 33.0 Å². The van der Waals surface area contributed by atoms with E-state index in [4.69, 9.17) is 0 Å². The fourth-order valence-corrected chi connectivity index (χ4v) is 3.97. The molecule has 31 heavy (non-hydrogen) atoms. The molecule has 0 saturated heterocycles. The molecule has 1 heterocycles. The molecule has 3 aromatic carbocycles. The Hall–Kier alpha value is -2.66. The van der Waals surface area contributed by atoms with Crippen molar-refractivity contribution >= 4 is 19.2 Å². The molecule has 166 valence electrons. The van der Waals surface area contributed by atoms with Crippen LogP contribution in [0.2, 0.25) is 0 Å². The molecule has 0 bridgehead atoms. The van der Waals surface area contributed by atoms with Crippen molar-refractivity contribution in [1.82, 2.24) is 0 Å². The van der Waals surface area contributed by atoms with Crippen molar-refractivity contribution in [3.05, 3.63) is 90.0 Å². The number of rotatable bonds is 2. The van der Waals surface area contributed by atoms with E-state index in [0.29, 0.717) is 0 Å². The van der Waals surface area contributed by atoms with Gasteiger partial charge in [-0.2, -0.15) is 4.58 Å². The van der Waals surface area contributed by atoms with Gasteiger partial charge in [-0.3, -0.25) is 0 Å². The van der Waals surface area contributed by atoms with E-state index in [1.165, 1.54) is 33.7 Å². The molecule has 0 fully saturated rings. The molecule has 8 heteroatoms. The number of para-hydroxylation sites is 1. The van der Waals surface area contributed by atoms with Gasteiger partial charge in [0.1, 0.15) is 7.05 Å². The molecule has 0 amide bonds. The molecule has 0 atom stereocenters. The van der Waals surface area contributed by atoms with Gasteiger partial charge in [-0.1, -0.05) is 60.7 Å². The zero-order valence-electron chi connectivity index (χ0n) is 17.2. The summed E-state index contributed by atoms with van der Waals surface area (Å²) in [6.07, 6.45) is 0. The number of benzene rings is 3. The van der Waals surface area contributed by atoms with Gasteiger partial charge in [0.05, 0.1) is 5.41 Å². The summed E-state index contributed by atoms with van der Waals surface area (Å²) in [6.45, 7) is 4.63. The topological polar surface area (TPSA) is 3.01 Å². The average Bonchev–Trinajstić information content (AvgIpc) is 2.86. The average molecular weight is 457 g/mol. The number of hydrogen-bond donors (Lipinski definition) is 0. The monoisotopic (exact) mass is 457 g/mol. The Morgan fingerprint density at radius 3 is 1.55 bits per heavy atom. The summed E-state index contributed by atoms with van der Waals surface area (Å²) in [4.78, 5) is 0. The molecule has 1 aliphatic heterocycles. The molecular formula is C23H22F6NP. The first-order valence-electron chi connectivity index (χ1n) is 9.47. The Morgan fingerprint density at radius 2 is 1.03 bits per heavy atom. The van der Waals surface area contributed by atoms with Crippen LogP contribution >= 0.6 is 7.81 Å². The van der Waals surface area contributed by atoms with Crippen LogP contribution in [0.4, 0.5) is 30.9 Å². The molecule has 0 aliphatic carbocycles. The second-order valence-electron chi connectivity index (χ2n) is 7.95. The van der Waals surface area contributed by atoms with Crippen LogP contribution in [-0.2, 0) is 5.41 Å². The molecule has 0 spiro atoms. The van der Waals surface area contributed by atoms with Crippen molar-refractivity contribution in [3.8, 4) is 11.1 Å². The van der Waals surface area contributed by atoms with Crippen molar-refractivity contribution in [2.75, 3.05) is 7.05 Å². The van der Waals surface area contributed by atoms with Crippen LogP contribution < -0.4 is 0 Å². The fraction of sp³-hybridized carbons (Fsp3) is 0.174. The number of hydrogen-bond acceptors (Lipinski definition) is 0. The summed E-state index contributed by atoms with van der Waals surface area (Å²) in [5.41, 5.74) is 7.90. The molecule has 4 rings (SSSR count). The first kappa shape index (κ1) is 23.0. The van der Waals surface area contributed by atoms with Gasteiger partial charge in [0.2, 0.25) is 5.69 Å². The van der Waals surface area contributed by atoms with E-state index in [9.17, 15) is 25.2 Å². The molecule has 0 unspecified atom stereocenters. The first-order valence-corrected chi connectivity index (χ1v) is 11.5. The van der Waals surface area contributed by atoms with Gasteiger partial charge < -0.3 is 0 Å². The molecule has 0 aromatic heterocycles. The van der Waals surface area contributed by atoms with Gasteiger partial charge in [0.25, 0.3) is 0 Å². The molecular weight excluding hydrogens is 435 g/mol. The minimum atomic E-state index is -10.7. The predicted octanol–water partition coefficient (Wildman–Crippen LogP) is 8.79. The Bertz CT molecular complexity index is 1120. The van der Waals surface area contributed by atoms with Crippen LogP contribution in [0.5, 0.6) is 0 Å². The summed E-state index contributed by atoms with van der Waals surface area (Å²) < 4.78 is 61.5. The zero-order valence-corrected chi connectivity index (χ0v) is 18.1. The van der Waals surface area contributed by atoms with Crippen LogP contribution in [0, 0.1) is 0 Å². The number of fused-ring (bicyclic) bond motifs is 1. The quantitative estimate of drug-likeness (QED) is 0.206. The Morgan fingerprint density at radius 1 is 0.613 bits per heavy atom. The van der Waals surface area contributed by atoms with Gasteiger partial charge in [-0.05, 0) is 37.1 Å². The van der Waals surface area contributed by atoms with Crippen molar-refractivity contribution in [2.45, 2.75) is 19.3 Å². The Labute approximate surface area is 176 Å². The van der Waals surface area contributed by atoms with Crippen LogP contribution in [0.1, 0.15) is 25.0 Å². The van der Waals surface area contributed by atoms with Gasteiger partial charge in [0.15, 0.2) is 5.71 Å². The van der Waals surface area contributed by atoms with E-state index < -0.39 is 7.81 Å². The van der Waals surface area contributed by atoms with Crippen LogP contribution in [-0.4, -0.2) is 17.3 Å². The Kier molecular flexibility index (Phi) is 5.14. The Balaban J connectivity index is 0.000000339. The van der Waals surface area contributed by atoms with Crippen molar-refractivity contribution in [1.29, 1.82) is 0 Å². The van der Waals surface area contributed by atoms with Gasteiger partial charge in [-0.25, -0.2) is 0 Å². The van der Waals surface area contributed by atoms with Crippen molar-refractivity contribution in [3.63, 3.8) is 0 Å².